The van der Waals surface area contributed by atoms with E-state index in [-0.39, 0.29) is 5.56 Å². The minimum absolute atomic E-state index is 0.204. The summed E-state index contributed by atoms with van der Waals surface area (Å²) in [5.41, 5.74) is 1.90. The Hall–Kier alpha value is -2.98. The van der Waals surface area contributed by atoms with E-state index in [9.17, 15) is 14.7 Å². The fourth-order valence-electron chi connectivity index (χ4n) is 3.50. The number of hydrogen-bond donors (Lipinski definition) is 1. The number of rotatable bonds is 3. The molecule has 2 aromatic heterocycles. The van der Waals surface area contributed by atoms with E-state index in [1.54, 1.807) is 24.3 Å². The molecule has 4 rings (SSSR count). The minimum atomic E-state index is -0.882. The number of nitriles is 1. The highest BCUT2D eigenvalue weighted by Crippen LogP contribution is 2.40. The summed E-state index contributed by atoms with van der Waals surface area (Å²) in [5, 5.41) is 18.9. The van der Waals surface area contributed by atoms with Gasteiger partial charge < -0.3 is 5.11 Å². The molecular weight excluding hydrogens is 350 g/mol. The molecule has 0 saturated carbocycles. The summed E-state index contributed by atoms with van der Waals surface area (Å²) in [6.07, 6.45) is 3.68. The normalized spacial score (nSPS) is 16.2. The first-order valence-electron chi connectivity index (χ1n) is 8.31. The molecular formula is C19H15N3O3S. The topological polar surface area (TPSA) is 96.0 Å². The van der Waals surface area contributed by atoms with Gasteiger partial charge >= 0.3 is 5.97 Å². The summed E-state index contributed by atoms with van der Waals surface area (Å²) < 4.78 is 1.50. The highest BCUT2D eigenvalue weighted by molar-refractivity contribution is 7.18. The molecule has 1 aliphatic rings. The Morgan fingerprint density at radius 2 is 2.15 bits per heavy atom. The van der Waals surface area contributed by atoms with E-state index in [2.05, 4.69) is 11.1 Å². The van der Waals surface area contributed by atoms with Crippen LogP contribution in [-0.2, 0) is 17.8 Å². The van der Waals surface area contributed by atoms with Gasteiger partial charge in [-0.2, -0.15) is 5.26 Å². The molecule has 7 heteroatoms. The van der Waals surface area contributed by atoms with Crippen LogP contribution in [0.2, 0.25) is 0 Å². The van der Waals surface area contributed by atoms with Crippen LogP contribution in [0.1, 0.15) is 40.3 Å². The van der Waals surface area contributed by atoms with E-state index in [1.165, 1.54) is 22.2 Å². The summed E-state index contributed by atoms with van der Waals surface area (Å²) >= 11 is 1.43. The molecule has 2 heterocycles. The number of aryl methyl sites for hydroxylation is 1. The second-order valence-corrected chi connectivity index (χ2v) is 7.47. The van der Waals surface area contributed by atoms with Crippen LogP contribution in [0, 0.1) is 11.3 Å². The molecule has 3 aromatic rings. The van der Waals surface area contributed by atoms with Crippen LogP contribution in [0.25, 0.3) is 10.2 Å². The number of aliphatic carboxylic acids is 1. The van der Waals surface area contributed by atoms with Crippen LogP contribution in [0.3, 0.4) is 0 Å². The number of fused-ring (bicyclic) bond motifs is 3. The average molecular weight is 365 g/mol. The largest absolute Gasteiger partial charge is 0.481 e. The quantitative estimate of drug-likeness (QED) is 0.770. The third-order valence-electron chi connectivity index (χ3n) is 4.77. The second-order valence-electron chi connectivity index (χ2n) is 6.39. The molecule has 6 nitrogen and oxygen atoms in total. The monoisotopic (exact) mass is 365 g/mol. The van der Waals surface area contributed by atoms with Gasteiger partial charge in [0.15, 0.2) is 0 Å². The van der Waals surface area contributed by atoms with E-state index in [0.717, 1.165) is 23.3 Å². The summed E-state index contributed by atoms with van der Waals surface area (Å²) in [6, 6.07) is 9.09. The van der Waals surface area contributed by atoms with E-state index < -0.39 is 11.9 Å². The molecule has 1 unspecified atom stereocenters. The molecule has 1 aliphatic carbocycles. The molecule has 0 spiro atoms. The van der Waals surface area contributed by atoms with E-state index in [4.69, 9.17) is 5.26 Å². The molecule has 26 heavy (non-hydrogen) atoms. The lowest BCUT2D eigenvalue weighted by Gasteiger charge is -2.18. The van der Waals surface area contributed by atoms with Gasteiger partial charge in [-0.1, -0.05) is 12.1 Å². The smallest absolute Gasteiger partial charge is 0.311 e. The van der Waals surface area contributed by atoms with Gasteiger partial charge in [-0.25, -0.2) is 4.98 Å². The number of carbonyl (C=O) groups is 1. The SMILES string of the molecule is N#Cc1ccc(Cn2cnc3sc4c(c3c2=O)C(C(=O)O)CCC4)cc1. The number of hydrogen-bond acceptors (Lipinski definition) is 5. The predicted octanol–water partition coefficient (Wildman–Crippen LogP) is 2.88. The first-order chi connectivity index (χ1) is 12.6. The highest BCUT2D eigenvalue weighted by atomic mass is 32.1. The van der Waals surface area contributed by atoms with Gasteiger partial charge in [-0.05, 0) is 42.5 Å². The number of carboxylic acid groups (broad SMARTS) is 1. The molecule has 0 fully saturated rings. The Kier molecular flexibility index (Phi) is 4.05. The molecule has 0 amide bonds. The standard InChI is InChI=1S/C19H15N3O3S/c20-8-11-4-6-12(7-5-11)9-22-10-21-17-16(18(22)23)15-13(19(24)25)2-1-3-14(15)26-17/h4-7,10,13H,1-3,9H2,(H,24,25). The fourth-order valence-corrected chi connectivity index (χ4v) is 4.73. The molecule has 130 valence electrons. The third kappa shape index (κ3) is 2.68. The highest BCUT2D eigenvalue weighted by Gasteiger charge is 2.31. The van der Waals surface area contributed by atoms with Gasteiger partial charge in [0, 0.05) is 4.88 Å². The van der Waals surface area contributed by atoms with Crippen LogP contribution in [0.4, 0.5) is 0 Å². The lowest BCUT2D eigenvalue weighted by atomic mass is 9.86. The lowest BCUT2D eigenvalue weighted by Crippen LogP contribution is -2.24. The van der Waals surface area contributed by atoms with Gasteiger partial charge in [0.25, 0.3) is 5.56 Å². The van der Waals surface area contributed by atoms with Crippen molar-refractivity contribution in [2.75, 3.05) is 0 Å². The maximum Gasteiger partial charge on any atom is 0.311 e. The second kappa shape index (κ2) is 6.39. The Balaban J connectivity index is 1.81. The van der Waals surface area contributed by atoms with Gasteiger partial charge in [0.05, 0.1) is 35.8 Å². The van der Waals surface area contributed by atoms with Crippen LogP contribution < -0.4 is 5.56 Å². The first-order valence-corrected chi connectivity index (χ1v) is 9.12. The fraction of sp³-hybridized carbons (Fsp3) is 0.263. The maximum atomic E-state index is 13.0. The van der Waals surface area contributed by atoms with Crippen molar-refractivity contribution in [1.29, 1.82) is 5.26 Å². The van der Waals surface area contributed by atoms with Crippen molar-refractivity contribution in [2.45, 2.75) is 31.7 Å². The molecule has 0 aliphatic heterocycles. The summed E-state index contributed by atoms with van der Waals surface area (Å²) in [7, 11) is 0. The summed E-state index contributed by atoms with van der Waals surface area (Å²) in [5.74, 6) is -1.51. The number of aromatic nitrogens is 2. The molecule has 0 saturated heterocycles. The van der Waals surface area contributed by atoms with Crippen molar-refractivity contribution in [3.05, 3.63) is 62.5 Å². The van der Waals surface area contributed by atoms with Crippen LogP contribution >= 0.6 is 11.3 Å². The van der Waals surface area contributed by atoms with E-state index >= 15 is 0 Å². The Bertz CT molecular complexity index is 1110. The number of nitrogens with zero attached hydrogens (tertiary/aromatic N) is 3. The average Bonchev–Trinajstić information content (AvgIpc) is 3.03. The number of benzene rings is 1. The molecule has 0 bridgehead atoms. The van der Waals surface area contributed by atoms with Gasteiger partial charge in [0.2, 0.25) is 0 Å². The van der Waals surface area contributed by atoms with Crippen LogP contribution in [0.5, 0.6) is 0 Å². The minimum Gasteiger partial charge on any atom is -0.481 e. The van der Waals surface area contributed by atoms with Crippen LogP contribution in [-0.4, -0.2) is 20.6 Å². The third-order valence-corrected chi connectivity index (χ3v) is 5.95. The lowest BCUT2D eigenvalue weighted by molar-refractivity contribution is -0.139. The van der Waals surface area contributed by atoms with Crippen molar-refractivity contribution >= 4 is 27.5 Å². The van der Waals surface area contributed by atoms with Crippen molar-refractivity contribution in [3.63, 3.8) is 0 Å². The molecule has 1 atom stereocenters. The summed E-state index contributed by atoms with van der Waals surface area (Å²) in [6.45, 7) is 0.329. The van der Waals surface area contributed by atoms with Gasteiger partial charge in [-0.15, -0.1) is 11.3 Å². The Morgan fingerprint density at radius 3 is 2.85 bits per heavy atom. The zero-order valence-corrected chi connectivity index (χ0v) is 14.6. The van der Waals surface area contributed by atoms with Crippen molar-refractivity contribution in [3.8, 4) is 6.07 Å². The number of carboxylic acids is 1. The Labute approximate surface area is 153 Å². The Morgan fingerprint density at radius 1 is 1.38 bits per heavy atom. The molecule has 1 N–H and O–H groups in total. The summed E-state index contributed by atoms with van der Waals surface area (Å²) in [4.78, 5) is 30.7. The molecule has 1 aromatic carbocycles. The predicted molar refractivity (Wildman–Crippen MR) is 97.5 cm³/mol. The zero-order valence-electron chi connectivity index (χ0n) is 13.8. The maximum absolute atomic E-state index is 13.0. The zero-order chi connectivity index (χ0) is 18.3. The van der Waals surface area contributed by atoms with Crippen molar-refractivity contribution in [2.24, 2.45) is 0 Å². The van der Waals surface area contributed by atoms with Crippen molar-refractivity contribution < 1.29 is 9.90 Å². The number of thiophene rings is 1. The van der Waals surface area contributed by atoms with E-state index in [0.29, 0.717) is 34.3 Å². The van der Waals surface area contributed by atoms with Gasteiger partial charge in [-0.3, -0.25) is 14.2 Å². The van der Waals surface area contributed by atoms with Crippen molar-refractivity contribution in [1.82, 2.24) is 9.55 Å². The molecule has 0 radical (unpaired) electrons. The van der Waals surface area contributed by atoms with Crippen LogP contribution in [0.15, 0.2) is 35.4 Å². The van der Waals surface area contributed by atoms with Gasteiger partial charge in [0.1, 0.15) is 4.83 Å². The first kappa shape index (κ1) is 16.5. The van der Waals surface area contributed by atoms with E-state index in [1.807, 2.05) is 0 Å².